The second-order valence-corrected chi connectivity index (χ2v) is 6.50. The van der Waals surface area contributed by atoms with Gasteiger partial charge in [0.25, 0.3) is 0 Å². The first-order chi connectivity index (χ1) is 9.54. The van der Waals surface area contributed by atoms with Crippen molar-refractivity contribution >= 4 is 0 Å². The van der Waals surface area contributed by atoms with Crippen LogP contribution in [0.5, 0.6) is 0 Å². The Morgan fingerprint density at radius 2 is 2.15 bits per heavy atom. The van der Waals surface area contributed by atoms with Gasteiger partial charge in [-0.25, -0.2) is 0 Å². The van der Waals surface area contributed by atoms with Crippen LogP contribution in [0.4, 0.5) is 0 Å². The highest BCUT2D eigenvalue weighted by molar-refractivity contribution is 5.07. The van der Waals surface area contributed by atoms with Gasteiger partial charge < -0.3 is 5.32 Å². The molecule has 0 saturated carbocycles. The number of hydrogen-bond acceptors (Lipinski definition) is 2. The highest BCUT2D eigenvalue weighted by Gasteiger charge is 2.17. The lowest BCUT2D eigenvalue weighted by Crippen LogP contribution is -2.27. The van der Waals surface area contributed by atoms with Gasteiger partial charge in [-0.3, -0.25) is 4.68 Å². The van der Waals surface area contributed by atoms with Crippen LogP contribution in [-0.4, -0.2) is 22.9 Å². The van der Waals surface area contributed by atoms with E-state index in [-0.39, 0.29) is 0 Å². The molecule has 2 atom stereocenters. The lowest BCUT2D eigenvalue weighted by Gasteiger charge is -2.25. The normalized spacial score (nSPS) is 22.9. The zero-order valence-corrected chi connectivity index (χ0v) is 13.4. The average molecular weight is 275 g/mol. The van der Waals surface area contributed by atoms with Crippen molar-refractivity contribution in [3.63, 3.8) is 0 Å². The third kappa shape index (κ3) is 4.48. The van der Waals surface area contributed by atoms with Crippen molar-refractivity contribution in [2.75, 3.05) is 13.1 Å². The summed E-state index contributed by atoms with van der Waals surface area (Å²) in [6.07, 6.45) is 6.19. The van der Waals surface area contributed by atoms with Gasteiger partial charge in [-0.05, 0) is 71.0 Å². The lowest BCUT2D eigenvalue weighted by molar-refractivity contribution is 0.378. The number of allylic oxidation sites excluding steroid dienone is 2. The van der Waals surface area contributed by atoms with Crippen molar-refractivity contribution in [1.82, 2.24) is 15.1 Å². The molecule has 1 aromatic rings. The third-order valence-electron chi connectivity index (χ3n) is 4.14. The number of rotatable bonds is 6. The molecule has 0 fully saturated rings. The number of hydrogen-bond donors (Lipinski definition) is 1. The first kappa shape index (κ1) is 15.3. The molecule has 2 unspecified atom stereocenters. The Kier molecular flexibility index (Phi) is 5.41. The monoisotopic (exact) mass is 275 g/mol. The Hall–Kier alpha value is -1.09. The van der Waals surface area contributed by atoms with Crippen LogP contribution in [0.2, 0.25) is 0 Å². The maximum atomic E-state index is 4.50. The fourth-order valence-corrected chi connectivity index (χ4v) is 3.40. The van der Waals surface area contributed by atoms with Crippen molar-refractivity contribution < 1.29 is 0 Å². The Morgan fingerprint density at radius 3 is 2.80 bits per heavy atom. The van der Waals surface area contributed by atoms with Crippen molar-refractivity contribution in [3.05, 3.63) is 29.1 Å². The Bertz CT molecular complexity index is 459. The zero-order chi connectivity index (χ0) is 14.5. The minimum absolute atomic E-state index is 0.755. The number of nitrogens with zero attached hydrogens (tertiary/aromatic N) is 2. The molecule has 0 saturated heterocycles. The molecule has 0 aromatic carbocycles. The molecule has 0 aliphatic heterocycles. The van der Waals surface area contributed by atoms with Gasteiger partial charge in [0.15, 0.2) is 0 Å². The quantitative estimate of drug-likeness (QED) is 0.636. The molecule has 1 aliphatic carbocycles. The van der Waals surface area contributed by atoms with Crippen molar-refractivity contribution in [1.29, 1.82) is 0 Å². The van der Waals surface area contributed by atoms with Crippen LogP contribution < -0.4 is 5.32 Å². The van der Waals surface area contributed by atoms with Crippen LogP contribution in [0.25, 0.3) is 0 Å². The van der Waals surface area contributed by atoms with Gasteiger partial charge in [0.2, 0.25) is 0 Å². The van der Waals surface area contributed by atoms with Gasteiger partial charge >= 0.3 is 0 Å². The first-order valence-corrected chi connectivity index (χ1v) is 7.93. The highest BCUT2D eigenvalue weighted by Crippen LogP contribution is 2.27. The van der Waals surface area contributed by atoms with Gasteiger partial charge in [0.05, 0.1) is 5.69 Å². The summed E-state index contributed by atoms with van der Waals surface area (Å²) in [6, 6.07) is 2.14. The molecule has 1 aromatic heterocycles. The Morgan fingerprint density at radius 1 is 1.35 bits per heavy atom. The number of aryl methyl sites for hydroxylation is 3. The van der Waals surface area contributed by atoms with Gasteiger partial charge in [-0.2, -0.15) is 5.10 Å². The van der Waals surface area contributed by atoms with Crippen LogP contribution in [0.15, 0.2) is 17.7 Å². The second-order valence-electron chi connectivity index (χ2n) is 6.50. The fraction of sp³-hybridized carbons (Fsp3) is 0.706. The molecule has 0 bridgehead atoms. The van der Waals surface area contributed by atoms with E-state index in [0.29, 0.717) is 0 Å². The van der Waals surface area contributed by atoms with E-state index in [2.05, 4.69) is 54.9 Å². The van der Waals surface area contributed by atoms with Crippen LogP contribution >= 0.6 is 0 Å². The van der Waals surface area contributed by atoms with E-state index in [0.717, 1.165) is 43.6 Å². The maximum absolute atomic E-state index is 4.50. The topological polar surface area (TPSA) is 29.9 Å². The molecule has 1 heterocycles. The van der Waals surface area contributed by atoms with Gasteiger partial charge in [-0.15, -0.1) is 0 Å². The first-order valence-electron chi connectivity index (χ1n) is 7.93. The summed E-state index contributed by atoms with van der Waals surface area (Å²) in [6.45, 7) is 12.1. The van der Waals surface area contributed by atoms with Crippen molar-refractivity contribution in [2.45, 2.75) is 53.5 Å². The summed E-state index contributed by atoms with van der Waals surface area (Å²) in [4.78, 5) is 0. The van der Waals surface area contributed by atoms with Crippen LogP contribution in [0.3, 0.4) is 0 Å². The molecule has 112 valence electrons. The summed E-state index contributed by atoms with van der Waals surface area (Å²) in [5, 5.41) is 8.12. The molecule has 3 nitrogen and oxygen atoms in total. The van der Waals surface area contributed by atoms with Crippen LogP contribution in [0.1, 0.15) is 44.5 Å². The maximum Gasteiger partial charge on any atom is 0.0596 e. The van der Waals surface area contributed by atoms with Crippen molar-refractivity contribution in [2.24, 2.45) is 11.8 Å². The molecule has 0 radical (unpaired) electrons. The van der Waals surface area contributed by atoms with Crippen LogP contribution in [0, 0.1) is 25.7 Å². The minimum atomic E-state index is 0.755. The number of aromatic nitrogens is 2. The summed E-state index contributed by atoms with van der Waals surface area (Å²) in [5.74, 6) is 1.58. The smallest absolute Gasteiger partial charge is 0.0596 e. The molecule has 1 N–H and O–H groups in total. The predicted molar refractivity (Wildman–Crippen MR) is 84.8 cm³/mol. The molecule has 0 spiro atoms. The SMILES string of the molecule is CC1=CC(C)CC(CNCCCn2nc(C)cc2C)C1. The fourth-order valence-electron chi connectivity index (χ4n) is 3.40. The molecular weight excluding hydrogens is 246 g/mol. The lowest BCUT2D eigenvalue weighted by atomic mass is 9.84. The number of nitrogens with one attached hydrogen (secondary N) is 1. The van der Waals surface area contributed by atoms with E-state index in [1.807, 2.05) is 0 Å². The predicted octanol–water partition coefficient (Wildman–Crippen LogP) is 3.47. The molecule has 2 rings (SSSR count). The van der Waals surface area contributed by atoms with E-state index >= 15 is 0 Å². The largest absolute Gasteiger partial charge is 0.316 e. The van der Waals surface area contributed by atoms with E-state index in [1.54, 1.807) is 5.57 Å². The molecule has 1 aliphatic rings. The van der Waals surface area contributed by atoms with Gasteiger partial charge in [0.1, 0.15) is 0 Å². The van der Waals surface area contributed by atoms with Crippen LogP contribution in [-0.2, 0) is 6.54 Å². The standard InChI is InChI=1S/C17H29N3/c1-13-8-14(2)10-17(9-13)12-18-6-5-7-20-16(4)11-15(3)19-20/h8,11,13,17-18H,5-7,9-10,12H2,1-4H3. The summed E-state index contributed by atoms with van der Waals surface area (Å²) >= 11 is 0. The summed E-state index contributed by atoms with van der Waals surface area (Å²) in [7, 11) is 0. The Balaban J connectivity index is 1.62. The summed E-state index contributed by atoms with van der Waals surface area (Å²) < 4.78 is 2.12. The van der Waals surface area contributed by atoms with E-state index < -0.39 is 0 Å². The van der Waals surface area contributed by atoms with E-state index in [4.69, 9.17) is 0 Å². The molecular formula is C17H29N3. The highest BCUT2D eigenvalue weighted by atomic mass is 15.3. The molecule has 20 heavy (non-hydrogen) atoms. The second kappa shape index (κ2) is 7.07. The van der Waals surface area contributed by atoms with E-state index in [1.165, 1.54) is 18.5 Å². The third-order valence-corrected chi connectivity index (χ3v) is 4.14. The Labute approximate surface area is 123 Å². The van der Waals surface area contributed by atoms with E-state index in [9.17, 15) is 0 Å². The average Bonchev–Trinajstić information content (AvgIpc) is 2.66. The van der Waals surface area contributed by atoms with Crippen molar-refractivity contribution in [3.8, 4) is 0 Å². The zero-order valence-electron chi connectivity index (χ0n) is 13.4. The molecule has 3 heteroatoms. The molecule has 0 amide bonds. The van der Waals surface area contributed by atoms with Gasteiger partial charge in [0, 0.05) is 12.2 Å². The summed E-state index contributed by atoms with van der Waals surface area (Å²) in [5.41, 5.74) is 3.96. The van der Waals surface area contributed by atoms with Gasteiger partial charge in [-0.1, -0.05) is 18.6 Å². The minimum Gasteiger partial charge on any atom is -0.316 e.